The summed E-state index contributed by atoms with van der Waals surface area (Å²) in [5, 5.41) is 7.96. The van der Waals surface area contributed by atoms with E-state index in [4.69, 9.17) is 0 Å². The van der Waals surface area contributed by atoms with E-state index in [1.807, 2.05) is 34.5 Å². The number of carbonyl (C=O) groups is 1. The minimum Gasteiger partial charge on any atom is -0.330 e. The third kappa shape index (κ3) is 4.61. The Morgan fingerprint density at radius 2 is 1.96 bits per heavy atom. The third-order valence-corrected chi connectivity index (χ3v) is 6.32. The lowest BCUT2D eigenvalue weighted by Crippen LogP contribution is -2.46. The van der Waals surface area contributed by atoms with E-state index >= 15 is 0 Å². The molecule has 6 heteroatoms. The summed E-state index contributed by atoms with van der Waals surface area (Å²) in [7, 11) is 1.91. The molecule has 1 aromatic heterocycles. The van der Waals surface area contributed by atoms with Crippen LogP contribution < -0.4 is 5.32 Å². The van der Waals surface area contributed by atoms with Crippen molar-refractivity contribution in [3.05, 3.63) is 47.8 Å². The maximum atomic E-state index is 12.7. The molecule has 1 aliphatic heterocycles. The van der Waals surface area contributed by atoms with Crippen LogP contribution in [-0.4, -0.2) is 39.1 Å². The topological polar surface area (TPSA) is 50.2 Å². The third-order valence-electron chi connectivity index (χ3n) is 4.97. The van der Waals surface area contributed by atoms with Crippen LogP contribution in [-0.2, 0) is 7.05 Å². The minimum atomic E-state index is 0.00894. The number of hydrogen-bond acceptors (Lipinski definition) is 3. The fourth-order valence-corrected chi connectivity index (χ4v) is 4.46. The molecule has 0 saturated carbocycles. The molecule has 1 N–H and O–H groups in total. The largest absolute Gasteiger partial charge is 0.330 e. The van der Waals surface area contributed by atoms with Crippen molar-refractivity contribution >= 4 is 17.8 Å². The molecule has 1 atom stereocenters. The number of nitrogens with zero attached hydrogens (tertiary/aromatic N) is 3. The summed E-state index contributed by atoms with van der Waals surface area (Å²) < 4.78 is 1.83. The standard InChI is InChI=1S/C20H28N4OS/c1-4-18(19-9-12-21-23(19)3)22-20(25)24-13-10-17(11-14-24)26-16-7-5-15(2)6-8-16/h5-9,12,17-18H,4,10-11,13-14H2,1-3H3,(H,22,25). The summed E-state index contributed by atoms with van der Waals surface area (Å²) in [5.74, 6) is 0. The van der Waals surface area contributed by atoms with Crippen molar-refractivity contribution in [3.63, 3.8) is 0 Å². The summed E-state index contributed by atoms with van der Waals surface area (Å²) >= 11 is 1.94. The van der Waals surface area contributed by atoms with E-state index in [-0.39, 0.29) is 12.1 Å². The number of aromatic nitrogens is 2. The van der Waals surface area contributed by atoms with Crippen molar-refractivity contribution in [3.8, 4) is 0 Å². The van der Waals surface area contributed by atoms with Gasteiger partial charge in [0.2, 0.25) is 0 Å². The molecule has 2 heterocycles. The summed E-state index contributed by atoms with van der Waals surface area (Å²) in [6.45, 7) is 5.83. The Balaban J connectivity index is 1.50. The van der Waals surface area contributed by atoms with Gasteiger partial charge in [0.05, 0.1) is 11.7 Å². The second-order valence-corrected chi connectivity index (χ2v) is 8.28. The van der Waals surface area contributed by atoms with Gasteiger partial charge in [-0.05, 0) is 44.4 Å². The quantitative estimate of drug-likeness (QED) is 0.858. The van der Waals surface area contributed by atoms with Gasteiger partial charge in [-0.25, -0.2) is 4.79 Å². The molecule has 0 spiro atoms. The van der Waals surface area contributed by atoms with Gasteiger partial charge in [-0.1, -0.05) is 24.6 Å². The highest BCUT2D eigenvalue weighted by molar-refractivity contribution is 8.00. The fraction of sp³-hybridized carbons (Fsp3) is 0.500. The van der Waals surface area contributed by atoms with Crippen LogP contribution in [0.25, 0.3) is 0 Å². The zero-order chi connectivity index (χ0) is 18.5. The van der Waals surface area contributed by atoms with Crippen molar-refractivity contribution in [2.45, 2.75) is 49.3 Å². The Morgan fingerprint density at radius 3 is 2.54 bits per heavy atom. The number of carbonyl (C=O) groups excluding carboxylic acids is 1. The van der Waals surface area contributed by atoms with E-state index in [9.17, 15) is 4.79 Å². The van der Waals surface area contributed by atoms with Crippen molar-refractivity contribution in [2.24, 2.45) is 7.05 Å². The smallest absolute Gasteiger partial charge is 0.317 e. The van der Waals surface area contributed by atoms with Crippen LogP contribution in [0.3, 0.4) is 0 Å². The van der Waals surface area contributed by atoms with E-state index in [0.717, 1.165) is 38.0 Å². The molecule has 1 aromatic carbocycles. The van der Waals surface area contributed by atoms with E-state index in [0.29, 0.717) is 5.25 Å². The highest BCUT2D eigenvalue weighted by atomic mass is 32.2. The second-order valence-electron chi connectivity index (χ2n) is 6.91. The zero-order valence-electron chi connectivity index (χ0n) is 15.8. The highest BCUT2D eigenvalue weighted by Gasteiger charge is 2.25. The molecule has 0 aliphatic carbocycles. The molecule has 26 heavy (non-hydrogen) atoms. The van der Waals surface area contributed by atoms with E-state index in [1.54, 1.807) is 6.20 Å². The van der Waals surface area contributed by atoms with E-state index in [1.165, 1.54) is 10.5 Å². The van der Waals surface area contributed by atoms with Crippen molar-refractivity contribution < 1.29 is 4.79 Å². The number of piperidine rings is 1. The summed E-state index contributed by atoms with van der Waals surface area (Å²) in [6, 6.07) is 10.7. The average Bonchev–Trinajstić information content (AvgIpc) is 3.08. The number of nitrogens with one attached hydrogen (secondary N) is 1. The fourth-order valence-electron chi connectivity index (χ4n) is 3.34. The van der Waals surface area contributed by atoms with Crippen LogP contribution in [0.4, 0.5) is 4.79 Å². The molecule has 140 valence electrons. The van der Waals surface area contributed by atoms with E-state index < -0.39 is 0 Å². The van der Waals surface area contributed by atoms with Gasteiger partial charge >= 0.3 is 6.03 Å². The van der Waals surface area contributed by atoms with Crippen LogP contribution in [0.2, 0.25) is 0 Å². The van der Waals surface area contributed by atoms with Gasteiger partial charge < -0.3 is 10.2 Å². The van der Waals surface area contributed by atoms with Gasteiger partial charge in [-0.2, -0.15) is 5.10 Å². The number of hydrogen-bond donors (Lipinski definition) is 1. The summed E-state index contributed by atoms with van der Waals surface area (Å²) in [4.78, 5) is 15.9. The maximum absolute atomic E-state index is 12.7. The normalized spacial score (nSPS) is 16.5. The van der Waals surface area contributed by atoms with Gasteiger partial charge in [0.1, 0.15) is 0 Å². The number of benzene rings is 1. The molecule has 1 unspecified atom stereocenters. The first kappa shape index (κ1) is 18.8. The lowest BCUT2D eigenvalue weighted by atomic mass is 10.1. The highest BCUT2D eigenvalue weighted by Crippen LogP contribution is 2.30. The van der Waals surface area contributed by atoms with Gasteiger partial charge in [0, 0.05) is 36.5 Å². The monoisotopic (exact) mass is 372 g/mol. The number of aryl methyl sites for hydroxylation is 2. The Hall–Kier alpha value is -1.95. The van der Waals surface area contributed by atoms with Crippen molar-refractivity contribution in [1.82, 2.24) is 20.0 Å². The molecule has 3 rings (SSSR count). The van der Waals surface area contributed by atoms with Crippen LogP contribution in [0.1, 0.15) is 43.5 Å². The van der Waals surface area contributed by atoms with E-state index in [2.05, 4.69) is 48.5 Å². The number of urea groups is 1. The molecule has 1 aliphatic rings. The Labute approximate surface area is 160 Å². The Morgan fingerprint density at radius 1 is 1.27 bits per heavy atom. The average molecular weight is 373 g/mol. The molecule has 2 amide bonds. The molecule has 2 aromatic rings. The number of amides is 2. The zero-order valence-corrected chi connectivity index (χ0v) is 16.6. The van der Waals surface area contributed by atoms with Crippen LogP contribution in [0.15, 0.2) is 41.4 Å². The number of rotatable bonds is 5. The molecule has 1 saturated heterocycles. The first-order chi connectivity index (χ1) is 12.6. The summed E-state index contributed by atoms with van der Waals surface area (Å²) in [5.41, 5.74) is 2.34. The first-order valence-electron chi connectivity index (χ1n) is 9.33. The predicted octanol–water partition coefficient (Wildman–Crippen LogP) is 4.15. The lowest BCUT2D eigenvalue weighted by molar-refractivity contribution is 0.183. The van der Waals surface area contributed by atoms with Crippen molar-refractivity contribution in [2.75, 3.05) is 13.1 Å². The molecule has 0 radical (unpaired) electrons. The van der Waals surface area contributed by atoms with Gasteiger partial charge in [-0.3, -0.25) is 4.68 Å². The van der Waals surface area contributed by atoms with Gasteiger partial charge in [0.15, 0.2) is 0 Å². The maximum Gasteiger partial charge on any atom is 0.317 e. The Kier molecular flexibility index (Phi) is 6.25. The Bertz CT molecular complexity index is 720. The van der Waals surface area contributed by atoms with Crippen LogP contribution >= 0.6 is 11.8 Å². The molecular weight excluding hydrogens is 344 g/mol. The summed E-state index contributed by atoms with van der Waals surface area (Å²) in [6.07, 6.45) is 4.70. The molecular formula is C20H28N4OS. The first-order valence-corrected chi connectivity index (χ1v) is 10.2. The number of likely N-dealkylation sites (tertiary alicyclic amines) is 1. The van der Waals surface area contributed by atoms with Crippen LogP contribution in [0, 0.1) is 6.92 Å². The van der Waals surface area contributed by atoms with Crippen LogP contribution in [0.5, 0.6) is 0 Å². The second kappa shape index (κ2) is 8.62. The molecule has 1 fully saturated rings. The minimum absolute atomic E-state index is 0.00894. The van der Waals surface area contributed by atoms with Gasteiger partial charge in [-0.15, -0.1) is 11.8 Å². The SMILES string of the molecule is CCC(NC(=O)N1CCC(Sc2ccc(C)cc2)CC1)c1ccnn1C. The molecule has 0 bridgehead atoms. The lowest BCUT2D eigenvalue weighted by Gasteiger charge is -2.33. The molecule has 5 nitrogen and oxygen atoms in total. The van der Waals surface area contributed by atoms with Gasteiger partial charge in [0.25, 0.3) is 0 Å². The number of thioether (sulfide) groups is 1. The van der Waals surface area contributed by atoms with Crippen molar-refractivity contribution in [1.29, 1.82) is 0 Å². The predicted molar refractivity (Wildman–Crippen MR) is 106 cm³/mol.